The molecule has 1 aromatic heterocycles. The van der Waals surface area contributed by atoms with Gasteiger partial charge in [-0.15, -0.1) is 0 Å². The highest BCUT2D eigenvalue weighted by Crippen LogP contribution is 2.28. The molecule has 0 bridgehead atoms. The van der Waals surface area contributed by atoms with Crippen molar-refractivity contribution < 1.29 is 21.8 Å². The quantitative estimate of drug-likeness (QED) is 0.510. The summed E-state index contributed by atoms with van der Waals surface area (Å²) in [5.74, 6) is 0.744. The standard InChI is InChI=1S/C21H20ClNO5S/c1-15-5-3-7-20(22)21(15)29(25,26)28-18-10-8-17(9-11-18)13-23(16(2)24)14-19-6-4-12-27-19/h3-12H,13-14H2,1-2H3. The number of nitrogens with zero attached hydrogens (tertiary/aromatic N) is 1. The Morgan fingerprint density at radius 1 is 1.07 bits per heavy atom. The lowest BCUT2D eigenvalue weighted by molar-refractivity contribution is -0.130. The van der Waals surface area contributed by atoms with Gasteiger partial charge >= 0.3 is 10.1 Å². The number of benzene rings is 2. The molecule has 0 N–H and O–H groups in total. The van der Waals surface area contributed by atoms with Gasteiger partial charge in [-0.3, -0.25) is 4.79 Å². The van der Waals surface area contributed by atoms with Gasteiger partial charge in [-0.1, -0.05) is 35.9 Å². The number of hydrogen-bond donors (Lipinski definition) is 0. The fourth-order valence-electron chi connectivity index (χ4n) is 2.84. The first-order chi connectivity index (χ1) is 13.8. The topological polar surface area (TPSA) is 76.8 Å². The number of aryl methyl sites for hydroxylation is 1. The van der Waals surface area contributed by atoms with E-state index in [0.717, 1.165) is 5.56 Å². The Kier molecular flexibility index (Phi) is 6.30. The predicted octanol–water partition coefficient (Wildman–Crippen LogP) is 4.56. The number of carbonyl (C=O) groups excluding carboxylic acids is 1. The number of halogens is 1. The summed E-state index contributed by atoms with van der Waals surface area (Å²) in [6.45, 7) is 3.84. The maximum absolute atomic E-state index is 12.6. The summed E-state index contributed by atoms with van der Waals surface area (Å²) in [7, 11) is -4.07. The van der Waals surface area contributed by atoms with Crippen molar-refractivity contribution in [3.8, 4) is 5.75 Å². The minimum Gasteiger partial charge on any atom is -0.467 e. The van der Waals surface area contributed by atoms with Crippen molar-refractivity contribution in [1.29, 1.82) is 0 Å². The molecule has 0 saturated heterocycles. The summed E-state index contributed by atoms with van der Waals surface area (Å²) < 4.78 is 35.7. The molecular formula is C21H20ClNO5S. The van der Waals surface area contributed by atoms with Crippen LogP contribution in [0.25, 0.3) is 0 Å². The third kappa shape index (κ3) is 5.19. The monoisotopic (exact) mass is 433 g/mol. The Morgan fingerprint density at radius 2 is 1.79 bits per heavy atom. The third-order valence-electron chi connectivity index (χ3n) is 4.29. The first-order valence-corrected chi connectivity index (χ1v) is 10.6. The molecule has 0 fully saturated rings. The van der Waals surface area contributed by atoms with Gasteiger partial charge in [0.1, 0.15) is 16.4 Å². The maximum atomic E-state index is 12.6. The second-order valence-electron chi connectivity index (χ2n) is 6.52. The molecule has 152 valence electrons. The molecule has 6 nitrogen and oxygen atoms in total. The largest absolute Gasteiger partial charge is 0.467 e. The molecule has 0 atom stereocenters. The van der Waals surface area contributed by atoms with Gasteiger partial charge in [-0.05, 0) is 48.4 Å². The summed E-state index contributed by atoms with van der Waals surface area (Å²) in [6.07, 6.45) is 1.56. The molecular weight excluding hydrogens is 414 g/mol. The van der Waals surface area contributed by atoms with Gasteiger partial charge in [-0.25, -0.2) is 0 Å². The molecule has 0 spiro atoms. The molecule has 1 amide bonds. The van der Waals surface area contributed by atoms with E-state index in [0.29, 0.717) is 24.4 Å². The molecule has 0 radical (unpaired) electrons. The van der Waals surface area contributed by atoms with Gasteiger partial charge < -0.3 is 13.5 Å². The molecule has 8 heteroatoms. The fraction of sp³-hybridized carbons (Fsp3) is 0.190. The van der Waals surface area contributed by atoms with E-state index in [1.807, 2.05) is 0 Å². The average molecular weight is 434 g/mol. The van der Waals surface area contributed by atoms with E-state index in [1.54, 1.807) is 66.6 Å². The van der Waals surface area contributed by atoms with Gasteiger partial charge in [0.05, 0.1) is 17.8 Å². The van der Waals surface area contributed by atoms with Gasteiger partial charge in [0, 0.05) is 13.5 Å². The van der Waals surface area contributed by atoms with E-state index in [2.05, 4.69) is 0 Å². The number of rotatable bonds is 7. The van der Waals surface area contributed by atoms with Crippen LogP contribution in [0.5, 0.6) is 5.75 Å². The SMILES string of the molecule is CC(=O)N(Cc1ccc(OS(=O)(=O)c2c(C)cccc2Cl)cc1)Cc1ccco1. The van der Waals surface area contributed by atoms with Crippen molar-refractivity contribution in [2.45, 2.75) is 31.8 Å². The summed E-state index contributed by atoms with van der Waals surface area (Å²) in [6, 6.07) is 14.9. The fourth-order valence-corrected chi connectivity index (χ4v) is 4.56. The van der Waals surface area contributed by atoms with Crippen LogP contribution in [-0.2, 0) is 28.0 Å². The zero-order valence-corrected chi connectivity index (χ0v) is 17.5. The van der Waals surface area contributed by atoms with Crippen LogP contribution in [-0.4, -0.2) is 19.2 Å². The normalized spacial score (nSPS) is 11.3. The van der Waals surface area contributed by atoms with Crippen molar-refractivity contribution >= 4 is 27.6 Å². The van der Waals surface area contributed by atoms with Crippen LogP contribution >= 0.6 is 11.6 Å². The van der Waals surface area contributed by atoms with Crippen LogP contribution in [0.1, 0.15) is 23.8 Å². The molecule has 0 aliphatic rings. The molecule has 0 aliphatic carbocycles. The molecule has 0 saturated carbocycles. The summed E-state index contributed by atoms with van der Waals surface area (Å²) >= 11 is 6.05. The maximum Gasteiger partial charge on any atom is 0.340 e. The highest BCUT2D eigenvalue weighted by molar-refractivity contribution is 7.87. The van der Waals surface area contributed by atoms with Crippen molar-refractivity contribution in [2.24, 2.45) is 0 Å². The zero-order valence-electron chi connectivity index (χ0n) is 16.0. The molecule has 0 aliphatic heterocycles. The Labute approximate surface area is 174 Å². The lowest BCUT2D eigenvalue weighted by Gasteiger charge is -2.20. The van der Waals surface area contributed by atoms with Crippen molar-refractivity contribution in [2.75, 3.05) is 0 Å². The number of amides is 1. The van der Waals surface area contributed by atoms with Gasteiger partial charge in [0.2, 0.25) is 5.91 Å². The van der Waals surface area contributed by atoms with Crippen molar-refractivity contribution in [1.82, 2.24) is 4.90 Å². The Hall–Kier alpha value is -2.77. The Bertz CT molecular complexity index is 1070. The van der Waals surface area contributed by atoms with E-state index in [1.165, 1.54) is 13.0 Å². The minimum absolute atomic E-state index is 0.0491. The molecule has 0 unspecified atom stereocenters. The minimum atomic E-state index is -4.07. The van der Waals surface area contributed by atoms with E-state index in [4.69, 9.17) is 20.2 Å². The molecule has 1 heterocycles. The second-order valence-corrected chi connectivity index (χ2v) is 8.41. The van der Waals surface area contributed by atoms with E-state index in [-0.39, 0.29) is 21.6 Å². The first kappa shape index (κ1) is 21.0. The van der Waals surface area contributed by atoms with E-state index >= 15 is 0 Å². The number of furan rings is 1. The van der Waals surface area contributed by atoms with Crippen molar-refractivity contribution in [3.63, 3.8) is 0 Å². The van der Waals surface area contributed by atoms with Crippen LogP contribution in [0.2, 0.25) is 5.02 Å². The van der Waals surface area contributed by atoms with Crippen LogP contribution in [0.4, 0.5) is 0 Å². The predicted molar refractivity (Wildman–Crippen MR) is 109 cm³/mol. The van der Waals surface area contributed by atoms with Gasteiger partial charge in [-0.2, -0.15) is 8.42 Å². The van der Waals surface area contributed by atoms with Crippen LogP contribution < -0.4 is 4.18 Å². The summed E-state index contributed by atoms with van der Waals surface area (Å²) in [5.41, 5.74) is 1.33. The smallest absolute Gasteiger partial charge is 0.340 e. The van der Waals surface area contributed by atoms with E-state index in [9.17, 15) is 13.2 Å². The Morgan fingerprint density at radius 3 is 2.38 bits per heavy atom. The van der Waals surface area contributed by atoms with Crippen LogP contribution in [0.15, 0.2) is 70.2 Å². The van der Waals surface area contributed by atoms with Crippen molar-refractivity contribution in [3.05, 3.63) is 82.8 Å². The highest BCUT2D eigenvalue weighted by Gasteiger charge is 2.22. The summed E-state index contributed by atoms with van der Waals surface area (Å²) in [4.78, 5) is 13.5. The summed E-state index contributed by atoms with van der Waals surface area (Å²) in [5, 5.41) is 0.108. The van der Waals surface area contributed by atoms with Crippen LogP contribution in [0.3, 0.4) is 0 Å². The molecule has 2 aromatic carbocycles. The lowest BCUT2D eigenvalue weighted by Crippen LogP contribution is -2.27. The molecule has 29 heavy (non-hydrogen) atoms. The highest BCUT2D eigenvalue weighted by atomic mass is 35.5. The Balaban J connectivity index is 1.73. The second kappa shape index (κ2) is 8.71. The van der Waals surface area contributed by atoms with Gasteiger partial charge in [0.25, 0.3) is 0 Å². The zero-order chi connectivity index (χ0) is 21.0. The average Bonchev–Trinajstić information content (AvgIpc) is 3.15. The lowest BCUT2D eigenvalue weighted by atomic mass is 10.2. The molecule has 3 rings (SSSR count). The number of carbonyl (C=O) groups is 1. The first-order valence-electron chi connectivity index (χ1n) is 8.83. The van der Waals surface area contributed by atoms with Gasteiger partial charge in [0.15, 0.2) is 0 Å². The van der Waals surface area contributed by atoms with E-state index < -0.39 is 10.1 Å². The number of hydrogen-bond acceptors (Lipinski definition) is 5. The third-order valence-corrected chi connectivity index (χ3v) is 6.17. The van der Waals surface area contributed by atoms with Crippen LogP contribution in [0, 0.1) is 6.92 Å². The molecule has 3 aromatic rings.